The molecule has 0 aromatic heterocycles. The van der Waals surface area contributed by atoms with Crippen molar-refractivity contribution in [1.29, 1.82) is 0 Å². The van der Waals surface area contributed by atoms with Gasteiger partial charge in [0.25, 0.3) is 0 Å². The van der Waals surface area contributed by atoms with E-state index in [1.54, 1.807) is 0 Å². The Kier molecular flexibility index (Phi) is 2.75. The Morgan fingerprint density at radius 2 is 1.75 bits per heavy atom. The van der Waals surface area contributed by atoms with Crippen LogP contribution in [0.4, 0.5) is 0 Å². The lowest BCUT2D eigenvalue weighted by atomic mass is 9.65. The first-order chi connectivity index (χ1) is 7.71. The number of hydrogen-bond acceptors (Lipinski definition) is 2. The highest BCUT2D eigenvalue weighted by Gasteiger charge is 2.48. The van der Waals surface area contributed by atoms with E-state index in [0.717, 1.165) is 17.4 Å². The molecule has 0 aromatic carbocycles. The van der Waals surface area contributed by atoms with Gasteiger partial charge in [0, 0.05) is 32.2 Å². The molecule has 2 aliphatic heterocycles. The minimum atomic E-state index is 0.764. The average Bonchev–Trinajstić information content (AvgIpc) is 2.22. The molecule has 0 amide bonds. The van der Waals surface area contributed by atoms with Gasteiger partial charge >= 0.3 is 0 Å². The van der Waals surface area contributed by atoms with Crippen LogP contribution < -0.4 is 0 Å². The summed E-state index contributed by atoms with van der Waals surface area (Å²) in [5.41, 5.74) is 0.764. The third-order valence-electron chi connectivity index (χ3n) is 5.38. The molecule has 1 spiro atoms. The highest BCUT2D eigenvalue weighted by Crippen LogP contribution is 2.47. The van der Waals surface area contributed by atoms with Crippen molar-refractivity contribution in [3.63, 3.8) is 0 Å². The minimum Gasteiger partial charge on any atom is -0.303 e. The summed E-state index contributed by atoms with van der Waals surface area (Å²) >= 11 is 0. The van der Waals surface area contributed by atoms with E-state index in [4.69, 9.17) is 0 Å². The highest BCUT2D eigenvalue weighted by molar-refractivity contribution is 5.02. The van der Waals surface area contributed by atoms with Gasteiger partial charge in [-0.25, -0.2) is 0 Å². The van der Waals surface area contributed by atoms with Crippen LogP contribution in [0.2, 0.25) is 0 Å². The molecule has 0 unspecified atom stereocenters. The maximum Gasteiger partial charge on any atom is 0.0350 e. The van der Waals surface area contributed by atoms with Crippen LogP contribution in [-0.2, 0) is 0 Å². The minimum absolute atomic E-state index is 0.764. The lowest BCUT2D eigenvalue weighted by Crippen LogP contribution is -2.68. The number of hydrogen-bond donors (Lipinski definition) is 0. The van der Waals surface area contributed by atoms with Gasteiger partial charge in [0.2, 0.25) is 0 Å². The Hall–Kier alpha value is -0.0800. The summed E-state index contributed by atoms with van der Waals surface area (Å²) in [6, 6.07) is 0.902. The molecule has 92 valence electrons. The molecule has 0 atom stereocenters. The summed E-state index contributed by atoms with van der Waals surface area (Å²) in [7, 11) is 2.23. The Morgan fingerprint density at radius 3 is 2.25 bits per heavy atom. The Labute approximate surface area is 100.0 Å². The number of likely N-dealkylation sites (N-methyl/N-ethyl adjacent to an activating group) is 1. The summed E-state index contributed by atoms with van der Waals surface area (Å²) < 4.78 is 0. The van der Waals surface area contributed by atoms with Gasteiger partial charge in [0.1, 0.15) is 0 Å². The normalized spacial score (nSPS) is 32.6. The summed E-state index contributed by atoms with van der Waals surface area (Å²) in [6.45, 7) is 7.82. The van der Waals surface area contributed by atoms with Gasteiger partial charge in [-0.2, -0.15) is 0 Å². The molecule has 0 N–H and O–H groups in total. The molecular formula is C14H26N2. The number of nitrogens with zero attached hydrogens (tertiary/aromatic N) is 2. The molecule has 2 saturated heterocycles. The van der Waals surface area contributed by atoms with E-state index >= 15 is 0 Å². The summed E-state index contributed by atoms with van der Waals surface area (Å²) in [6.07, 6.45) is 7.46. The molecular weight excluding hydrogens is 196 g/mol. The van der Waals surface area contributed by atoms with Crippen LogP contribution in [0, 0.1) is 11.3 Å². The fourth-order valence-corrected chi connectivity index (χ4v) is 3.98. The molecule has 16 heavy (non-hydrogen) atoms. The molecule has 0 aromatic rings. The largest absolute Gasteiger partial charge is 0.303 e. The lowest BCUT2D eigenvalue weighted by molar-refractivity contribution is -0.0959. The van der Waals surface area contributed by atoms with Gasteiger partial charge < -0.3 is 4.90 Å². The van der Waals surface area contributed by atoms with E-state index < -0.39 is 0 Å². The lowest BCUT2D eigenvalue weighted by Gasteiger charge is -2.59. The second kappa shape index (κ2) is 3.99. The third-order valence-corrected chi connectivity index (χ3v) is 5.38. The maximum atomic E-state index is 2.74. The van der Waals surface area contributed by atoms with Crippen molar-refractivity contribution in [2.24, 2.45) is 11.3 Å². The predicted molar refractivity (Wildman–Crippen MR) is 67.5 cm³/mol. The summed E-state index contributed by atoms with van der Waals surface area (Å²) in [4.78, 5) is 5.18. The molecule has 3 rings (SSSR count). The van der Waals surface area contributed by atoms with Crippen molar-refractivity contribution in [3.8, 4) is 0 Å². The van der Waals surface area contributed by atoms with Crippen molar-refractivity contribution in [2.45, 2.75) is 45.1 Å². The number of rotatable bonds is 2. The summed E-state index contributed by atoms with van der Waals surface area (Å²) in [5, 5.41) is 0. The zero-order chi connectivity index (χ0) is 11.2. The SMILES string of the molecule is CCC1CCC2(CC1)CN(C1CN(C)C1)C2. The molecule has 3 aliphatic rings. The van der Waals surface area contributed by atoms with Crippen LogP contribution in [0.25, 0.3) is 0 Å². The van der Waals surface area contributed by atoms with E-state index in [0.29, 0.717) is 0 Å². The first-order valence-electron chi connectivity index (χ1n) is 7.13. The fraction of sp³-hybridized carbons (Fsp3) is 1.00. The van der Waals surface area contributed by atoms with E-state index in [2.05, 4.69) is 23.8 Å². The van der Waals surface area contributed by atoms with Crippen molar-refractivity contribution in [2.75, 3.05) is 33.2 Å². The molecule has 0 radical (unpaired) electrons. The first kappa shape index (κ1) is 11.0. The average molecular weight is 222 g/mol. The zero-order valence-corrected chi connectivity index (χ0v) is 10.9. The smallest absolute Gasteiger partial charge is 0.0350 e. The fourth-order valence-electron chi connectivity index (χ4n) is 3.98. The van der Waals surface area contributed by atoms with Crippen LogP contribution in [0.5, 0.6) is 0 Å². The molecule has 2 heterocycles. The Balaban J connectivity index is 1.46. The molecule has 2 nitrogen and oxygen atoms in total. The molecule has 1 saturated carbocycles. The van der Waals surface area contributed by atoms with Gasteiger partial charge in [0.05, 0.1) is 0 Å². The highest BCUT2D eigenvalue weighted by atomic mass is 15.3. The van der Waals surface area contributed by atoms with Gasteiger partial charge in [-0.1, -0.05) is 13.3 Å². The van der Waals surface area contributed by atoms with Gasteiger partial charge in [-0.3, -0.25) is 4.90 Å². The maximum absolute atomic E-state index is 2.74. The van der Waals surface area contributed by atoms with E-state index in [-0.39, 0.29) is 0 Å². The van der Waals surface area contributed by atoms with Crippen molar-refractivity contribution in [3.05, 3.63) is 0 Å². The van der Waals surface area contributed by atoms with Crippen molar-refractivity contribution >= 4 is 0 Å². The van der Waals surface area contributed by atoms with E-state index in [1.165, 1.54) is 58.3 Å². The van der Waals surface area contributed by atoms with Crippen LogP contribution in [0.1, 0.15) is 39.0 Å². The van der Waals surface area contributed by atoms with Gasteiger partial charge in [0.15, 0.2) is 0 Å². The zero-order valence-electron chi connectivity index (χ0n) is 10.9. The quantitative estimate of drug-likeness (QED) is 0.707. The first-order valence-corrected chi connectivity index (χ1v) is 7.13. The Bertz CT molecular complexity index is 241. The predicted octanol–water partition coefficient (Wildman–Crippen LogP) is 2.20. The van der Waals surface area contributed by atoms with E-state index in [9.17, 15) is 0 Å². The second-order valence-corrected chi connectivity index (χ2v) is 6.63. The number of likely N-dealkylation sites (tertiary alicyclic amines) is 2. The van der Waals surface area contributed by atoms with Crippen LogP contribution in [0.15, 0.2) is 0 Å². The van der Waals surface area contributed by atoms with Crippen LogP contribution in [0.3, 0.4) is 0 Å². The van der Waals surface area contributed by atoms with Gasteiger partial charge in [-0.15, -0.1) is 0 Å². The third kappa shape index (κ3) is 1.80. The van der Waals surface area contributed by atoms with Crippen molar-refractivity contribution < 1.29 is 0 Å². The van der Waals surface area contributed by atoms with E-state index in [1.807, 2.05) is 0 Å². The monoisotopic (exact) mass is 222 g/mol. The topological polar surface area (TPSA) is 6.48 Å². The standard InChI is InChI=1S/C14H26N2/c1-3-12-4-6-14(7-5-12)10-16(11-14)13-8-15(2)9-13/h12-13H,3-11H2,1-2H3. The van der Waals surface area contributed by atoms with Crippen molar-refractivity contribution in [1.82, 2.24) is 9.80 Å². The van der Waals surface area contributed by atoms with Crippen LogP contribution in [-0.4, -0.2) is 49.1 Å². The summed E-state index contributed by atoms with van der Waals surface area (Å²) in [5.74, 6) is 1.05. The molecule has 2 heteroatoms. The molecule has 0 bridgehead atoms. The Morgan fingerprint density at radius 1 is 1.12 bits per heavy atom. The van der Waals surface area contributed by atoms with Gasteiger partial charge in [-0.05, 0) is 44.1 Å². The molecule has 3 fully saturated rings. The molecule has 1 aliphatic carbocycles. The van der Waals surface area contributed by atoms with Crippen LogP contribution >= 0.6 is 0 Å². The second-order valence-electron chi connectivity index (χ2n) is 6.63.